The molecule has 2 bridgehead atoms. The number of methoxy groups -OCH3 is 4. The van der Waals surface area contributed by atoms with Crippen LogP contribution in [0.2, 0.25) is 0 Å². The zero-order chi connectivity index (χ0) is 20.5. The van der Waals surface area contributed by atoms with Crippen molar-refractivity contribution >= 4 is 23.9 Å². The summed E-state index contributed by atoms with van der Waals surface area (Å²) in [4.78, 5) is 49.0. The third-order valence-corrected chi connectivity index (χ3v) is 4.92. The Bertz CT molecular complexity index is 685. The van der Waals surface area contributed by atoms with Crippen molar-refractivity contribution in [2.45, 2.75) is 6.42 Å². The second kappa shape index (κ2) is 7.68. The molecule has 2 rings (SSSR count). The molecule has 0 aliphatic heterocycles. The van der Waals surface area contributed by atoms with Gasteiger partial charge in [0, 0.05) is 11.8 Å². The summed E-state index contributed by atoms with van der Waals surface area (Å²) < 4.78 is 18.7. The maximum absolute atomic E-state index is 12.3. The van der Waals surface area contributed by atoms with E-state index in [9.17, 15) is 29.4 Å². The highest BCUT2D eigenvalue weighted by Crippen LogP contribution is 2.51. The molecule has 0 spiro atoms. The average molecular weight is 384 g/mol. The van der Waals surface area contributed by atoms with Gasteiger partial charge < -0.3 is 29.2 Å². The topological polar surface area (TPSA) is 146 Å². The molecule has 0 unspecified atom stereocenters. The number of esters is 4. The number of fused-ring (bicyclic) bond motifs is 2. The summed E-state index contributed by atoms with van der Waals surface area (Å²) in [5.41, 5.74) is -0.704. The van der Waals surface area contributed by atoms with Gasteiger partial charge in [-0.15, -0.1) is 0 Å². The minimum atomic E-state index is -1.45. The molecule has 4 atom stereocenters. The smallest absolute Gasteiger partial charge is 0.337 e. The zero-order valence-corrected chi connectivity index (χ0v) is 15.2. The van der Waals surface area contributed by atoms with E-state index in [1.807, 2.05) is 0 Å². The van der Waals surface area contributed by atoms with E-state index in [1.54, 1.807) is 0 Å². The van der Waals surface area contributed by atoms with Crippen LogP contribution in [0.5, 0.6) is 0 Å². The molecular formula is C17H20O10. The van der Waals surface area contributed by atoms with E-state index in [4.69, 9.17) is 0 Å². The first kappa shape index (κ1) is 20.3. The fraction of sp³-hybridized carbons (Fsp3) is 0.529. The molecule has 0 saturated carbocycles. The number of carbonyl (C=O) groups excluding carboxylic acids is 4. The van der Waals surface area contributed by atoms with Gasteiger partial charge in [-0.1, -0.05) is 0 Å². The lowest BCUT2D eigenvalue weighted by molar-refractivity contribution is -0.151. The Kier molecular flexibility index (Phi) is 5.77. The lowest BCUT2D eigenvalue weighted by Gasteiger charge is -2.42. The predicted octanol–water partition coefficient (Wildman–Crippen LogP) is 0.185. The van der Waals surface area contributed by atoms with Gasteiger partial charge in [0.15, 0.2) is 0 Å². The lowest BCUT2D eigenvalue weighted by atomic mass is 9.61. The minimum Gasteiger partial charge on any atom is -0.511 e. The quantitative estimate of drug-likeness (QED) is 0.508. The number of hydrogen-bond acceptors (Lipinski definition) is 10. The molecule has 10 nitrogen and oxygen atoms in total. The summed E-state index contributed by atoms with van der Waals surface area (Å²) in [6.07, 6.45) is -0.0947. The first-order valence-corrected chi connectivity index (χ1v) is 7.93. The standard InChI is InChI=1S/C17H20O10/c1-24-14(20)8-6-5-7(10(12(8)18)16(22)26-3)11(17(23)27-4)13(19)9(6)15(21)25-2/h6-8,11,18-19H,5H2,1-4H3/t6-,7+,8-,11-/m0/s1. The van der Waals surface area contributed by atoms with E-state index in [2.05, 4.69) is 18.9 Å². The SMILES string of the molecule is COC(=O)C1=C(O)[C@@H](C(=O)OC)[C@@H]2C[C@H]1[C@H](C(=O)OC)C(O)=C2C(=O)OC. The Labute approximate surface area is 154 Å². The van der Waals surface area contributed by atoms with Gasteiger partial charge in [0.2, 0.25) is 0 Å². The summed E-state index contributed by atoms with van der Waals surface area (Å²) in [5.74, 6) is -10.2. The van der Waals surface area contributed by atoms with Crippen molar-refractivity contribution in [2.24, 2.45) is 23.7 Å². The molecule has 0 aromatic carbocycles. The maximum Gasteiger partial charge on any atom is 0.337 e. The molecule has 2 N–H and O–H groups in total. The number of hydrogen-bond donors (Lipinski definition) is 2. The third kappa shape index (κ3) is 3.11. The first-order valence-electron chi connectivity index (χ1n) is 7.93. The molecule has 2 aliphatic rings. The van der Waals surface area contributed by atoms with E-state index < -0.39 is 59.1 Å². The zero-order valence-electron chi connectivity index (χ0n) is 15.2. The van der Waals surface area contributed by atoms with E-state index in [1.165, 1.54) is 0 Å². The fourth-order valence-corrected chi connectivity index (χ4v) is 3.75. The number of aliphatic hydroxyl groups excluding tert-OH is 2. The molecule has 2 aliphatic carbocycles. The van der Waals surface area contributed by atoms with Gasteiger partial charge in [0.25, 0.3) is 0 Å². The van der Waals surface area contributed by atoms with E-state index in [-0.39, 0.29) is 17.6 Å². The monoisotopic (exact) mass is 384 g/mol. The summed E-state index contributed by atoms with van der Waals surface area (Å²) in [6, 6.07) is 0. The second-order valence-electron chi connectivity index (χ2n) is 6.03. The van der Waals surface area contributed by atoms with E-state index >= 15 is 0 Å². The van der Waals surface area contributed by atoms with Gasteiger partial charge in [0.05, 0.1) is 39.6 Å². The van der Waals surface area contributed by atoms with Crippen LogP contribution >= 0.6 is 0 Å². The van der Waals surface area contributed by atoms with Crippen LogP contribution in [0.25, 0.3) is 0 Å². The third-order valence-electron chi connectivity index (χ3n) is 4.92. The Morgan fingerprint density at radius 2 is 1.04 bits per heavy atom. The minimum absolute atomic E-state index is 0.0947. The number of aliphatic hydroxyl groups is 2. The lowest BCUT2D eigenvalue weighted by Crippen LogP contribution is -2.47. The highest BCUT2D eigenvalue weighted by Gasteiger charge is 2.56. The van der Waals surface area contributed by atoms with Gasteiger partial charge in [0.1, 0.15) is 23.4 Å². The fourth-order valence-electron chi connectivity index (χ4n) is 3.75. The maximum atomic E-state index is 12.3. The van der Waals surface area contributed by atoms with Crippen molar-refractivity contribution in [3.63, 3.8) is 0 Å². The molecule has 0 aromatic heterocycles. The van der Waals surface area contributed by atoms with Crippen molar-refractivity contribution in [2.75, 3.05) is 28.4 Å². The second-order valence-corrected chi connectivity index (χ2v) is 6.03. The van der Waals surface area contributed by atoms with Gasteiger partial charge in [-0.05, 0) is 6.42 Å². The van der Waals surface area contributed by atoms with Crippen LogP contribution < -0.4 is 0 Å². The molecule has 0 amide bonds. The van der Waals surface area contributed by atoms with Crippen molar-refractivity contribution in [3.8, 4) is 0 Å². The molecular weight excluding hydrogens is 364 g/mol. The normalized spacial score (nSPS) is 27.0. The van der Waals surface area contributed by atoms with Gasteiger partial charge >= 0.3 is 23.9 Å². The molecule has 0 fully saturated rings. The summed E-state index contributed by atoms with van der Waals surface area (Å²) >= 11 is 0. The van der Waals surface area contributed by atoms with Crippen molar-refractivity contribution in [3.05, 3.63) is 22.7 Å². The highest BCUT2D eigenvalue weighted by atomic mass is 16.5. The van der Waals surface area contributed by atoms with Gasteiger partial charge in [-0.3, -0.25) is 9.59 Å². The molecule has 0 aromatic rings. The van der Waals surface area contributed by atoms with Crippen molar-refractivity contribution in [1.29, 1.82) is 0 Å². The highest BCUT2D eigenvalue weighted by molar-refractivity contribution is 5.97. The van der Waals surface area contributed by atoms with Gasteiger partial charge in [-0.25, -0.2) is 9.59 Å². The molecule has 0 radical (unpaired) electrons. The first-order chi connectivity index (χ1) is 12.7. The molecule has 0 saturated heterocycles. The van der Waals surface area contributed by atoms with Crippen LogP contribution in [0.15, 0.2) is 22.7 Å². The summed E-state index contributed by atoms with van der Waals surface area (Å²) in [7, 11) is 4.27. The molecule has 27 heavy (non-hydrogen) atoms. The Morgan fingerprint density at radius 3 is 1.30 bits per heavy atom. The average Bonchev–Trinajstić information content (AvgIpc) is 2.66. The Morgan fingerprint density at radius 1 is 0.704 bits per heavy atom. The number of rotatable bonds is 4. The van der Waals surface area contributed by atoms with Crippen molar-refractivity contribution < 1.29 is 48.3 Å². The Balaban J connectivity index is 2.78. The van der Waals surface area contributed by atoms with Crippen LogP contribution in [-0.2, 0) is 38.1 Å². The van der Waals surface area contributed by atoms with Crippen LogP contribution in [0.3, 0.4) is 0 Å². The van der Waals surface area contributed by atoms with E-state index in [0.29, 0.717) is 0 Å². The van der Waals surface area contributed by atoms with Crippen LogP contribution in [0.1, 0.15) is 6.42 Å². The predicted molar refractivity (Wildman–Crippen MR) is 86.0 cm³/mol. The van der Waals surface area contributed by atoms with Crippen LogP contribution in [-0.4, -0.2) is 62.5 Å². The van der Waals surface area contributed by atoms with E-state index in [0.717, 1.165) is 28.4 Å². The Hall–Kier alpha value is -3.04. The summed E-state index contributed by atoms with van der Waals surface area (Å²) in [6.45, 7) is 0. The number of carbonyl (C=O) groups is 4. The molecule has 148 valence electrons. The summed E-state index contributed by atoms with van der Waals surface area (Å²) in [5, 5.41) is 21.3. The molecule has 10 heteroatoms. The van der Waals surface area contributed by atoms with Gasteiger partial charge in [-0.2, -0.15) is 0 Å². The van der Waals surface area contributed by atoms with Crippen LogP contribution in [0.4, 0.5) is 0 Å². The largest absolute Gasteiger partial charge is 0.511 e. The van der Waals surface area contributed by atoms with Crippen molar-refractivity contribution in [1.82, 2.24) is 0 Å². The molecule has 0 heterocycles. The van der Waals surface area contributed by atoms with Crippen LogP contribution in [0, 0.1) is 23.7 Å². The number of ether oxygens (including phenoxy) is 4.